The number of oxazole rings is 1. The number of aromatic nitrogens is 1. The summed E-state index contributed by atoms with van der Waals surface area (Å²) in [5.74, 6) is 0.640. The van der Waals surface area contributed by atoms with Crippen LogP contribution in [0.5, 0.6) is 0 Å². The van der Waals surface area contributed by atoms with Crippen molar-refractivity contribution in [2.45, 2.75) is 12.6 Å². The molecule has 3 N–H and O–H groups in total. The highest BCUT2D eigenvalue weighted by atomic mass is 16.5. The van der Waals surface area contributed by atoms with Gasteiger partial charge in [-0.2, -0.15) is 0 Å². The molecular weight excluding hydrogens is 246 g/mol. The summed E-state index contributed by atoms with van der Waals surface area (Å²) < 4.78 is 11.0. The van der Waals surface area contributed by atoms with Gasteiger partial charge in [0, 0.05) is 12.2 Å². The molecule has 1 aromatic carbocycles. The molecule has 2 heterocycles. The largest absolute Gasteiger partial charge is 0.439 e. The van der Waals surface area contributed by atoms with Gasteiger partial charge in [-0.1, -0.05) is 0 Å². The number of aliphatic hydroxyl groups is 1. The van der Waals surface area contributed by atoms with Crippen LogP contribution in [0.4, 0.5) is 5.69 Å². The average Bonchev–Trinajstić information content (AvgIpc) is 2.80. The van der Waals surface area contributed by atoms with Crippen molar-refractivity contribution in [1.29, 1.82) is 0 Å². The maximum absolute atomic E-state index is 9.33. The van der Waals surface area contributed by atoms with E-state index < -0.39 is 0 Å². The van der Waals surface area contributed by atoms with Crippen molar-refractivity contribution in [3.63, 3.8) is 0 Å². The first-order valence-electron chi connectivity index (χ1n) is 6.34. The number of morpholine rings is 1. The lowest BCUT2D eigenvalue weighted by atomic mass is 10.2. The van der Waals surface area contributed by atoms with Crippen LogP contribution in [0.3, 0.4) is 0 Å². The lowest BCUT2D eigenvalue weighted by Gasteiger charge is -2.33. The Bertz CT molecular complexity index is 569. The summed E-state index contributed by atoms with van der Waals surface area (Å²) in [5, 5.41) is 9.33. The minimum atomic E-state index is 0.00818. The number of nitrogens with two attached hydrogens (primary N) is 1. The molecule has 1 aromatic heterocycles. The summed E-state index contributed by atoms with van der Waals surface area (Å²) in [5.41, 5.74) is 7.89. The molecule has 19 heavy (non-hydrogen) atoms. The van der Waals surface area contributed by atoms with Gasteiger partial charge < -0.3 is 20.0 Å². The monoisotopic (exact) mass is 263 g/mol. The van der Waals surface area contributed by atoms with Gasteiger partial charge in [-0.3, -0.25) is 4.90 Å². The Labute approximate surface area is 110 Å². The zero-order chi connectivity index (χ0) is 13.2. The van der Waals surface area contributed by atoms with Gasteiger partial charge in [0.15, 0.2) is 5.58 Å². The molecule has 1 aliphatic heterocycles. The van der Waals surface area contributed by atoms with Gasteiger partial charge in [0.2, 0.25) is 5.89 Å². The van der Waals surface area contributed by atoms with Crippen molar-refractivity contribution < 1.29 is 14.3 Å². The van der Waals surface area contributed by atoms with Crippen molar-refractivity contribution in [2.24, 2.45) is 0 Å². The molecular formula is C13H17N3O3. The molecule has 0 saturated carbocycles. The van der Waals surface area contributed by atoms with Gasteiger partial charge in [-0.05, 0) is 18.2 Å². The van der Waals surface area contributed by atoms with Gasteiger partial charge in [0.25, 0.3) is 0 Å². The van der Waals surface area contributed by atoms with Gasteiger partial charge in [-0.15, -0.1) is 0 Å². The molecule has 6 heteroatoms. The first-order valence-corrected chi connectivity index (χ1v) is 6.34. The number of fused-ring (bicyclic) bond motifs is 1. The zero-order valence-corrected chi connectivity index (χ0v) is 10.6. The fourth-order valence-electron chi connectivity index (χ4n) is 2.30. The number of rotatable bonds is 3. The fraction of sp³-hybridized carbons (Fsp3) is 0.462. The Morgan fingerprint density at radius 2 is 2.37 bits per heavy atom. The summed E-state index contributed by atoms with van der Waals surface area (Å²) >= 11 is 0. The molecule has 1 atom stereocenters. The van der Waals surface area contributed by atoms with Crippen molar-refractivity contribution in [3.8, 4) is 0 Å². The molecule has 1 fully saturated rings. The Hall–Kier alpha value is -1.63. The van der Waals surface area contributed by atoms with Crippen molar-refractivity contribution >= 4 is 16.8 Å². The van der Waals surface area contributed by atoms with Gasteiger partial charge in [0.1, 0.15) is 5.52 Å². The van der Waals surface area contributed by atoms with E-state index in [2.05, 4.69) is 9.88 Å². The van der Waals surface area contributed by atoms with E-state index in [9.17, 15) is 5.11 Å². The van der Waals surface area contributed by atoms with Crippen LogP contribution in [0.2, 0.25) is 0 Å². The third kappa shape index (κ3) is 2.56. The average molecular weight is 263 g/mol. The Morgan fingerprint density at radius 3 is 3.21 bits per heavy atom. The van der Waals surface area contributed by atoms with Crippen LogP contribution in [-0.4, -0.2) is 47.4 Å². The Morgan fingerprint density at radius 1 is 1.47 bits per heavy atom. The first-order chi connectivity index (χ1) is 9.26. The van der Waals surface area contributed by atoms with Crippen LogP contribution in [0.1, 0.15) is 5.89 Å². The predicted octanol–water partition coefficient (Wildman–Crippen LogP) is 0.603. The van der Waals surface area contributed by atoms with E-state index in [0.717, 1.165) is 17.6 Å². The minimum Gasteiger partial charge on any atom is -0.439 e. The second-order valence-electron chi connectivity index (χ2n) is 4.72. The molecule has 0 aliphatic carbocycles. The quantitative estimate of drug-likeness (QED) is 0.789. The van der Waals surface area contributed by atoms with Crippen LogP contribution in [0, 0.1) is 0 Å². The molecule has 102 valence electrons. The molecule has 0 amide bonds. The first kappa shape index (κ1) is 12.4. The molecule has 6 nitrogen and oxygen atoms in total. The lowest BCUT2D eigenvalue weighted by molar-refractivity contribution is -0.0341. The number of ether oxygens (including phenoxy) is 1. The minimum absolute atomic E-state index is 0.00818. The van der Waals surface area contributed by atoms with Gasteiger partial charge in [0.05, 0.1) is 32.4 Å². The van der Waals surface area contributed by atoms with Crippen molar-refractivity contribution in [2.75, 3.05) is 32.1 Å². The van der Waals surface area contributed by atoms with Crippen molar-refractivity contribution in [1.82, 2.24) is 9.88 Å². The topological polar surface area (TPSA) is 84.8 Å². The second-order valence-corrected chi connectivity index (χ2v) is 4.72. The number of anilines is 1. The number of hydrogen-bond donors (Lipinski definition) is 2. The van der Waals surface area contributed by atoms with E-state index in [1.807, 2.05) is 6.07 Å². The van der Waals surface area contributed by atoms with E-state index in [1.54, 1.807) is 12.1 Å². The van der Waals surface area contributed by atoms with Gasteiger partial charge in [-0.25, -0.2) is 4.98 Å². The predicted molar refractivity (Wildman–Crippen MR) is 70.5 cm³/mol. The summed E-state index contributed by atoms with van der Waals surface area (Å²) in [7, 11) is 0. The SMILES string of the molecule is Nc1ccc2oc(CN3CCOCC3CO)nc2c1. The summed E-state index contributed by atoms with van der Waals surface area (Å²) in [4.78, 5) is 6.55. The molecule has 0 radical (unpaired) electrons. The molecule has 1 saturated heterocycles. The van der Waals surface area contributed by atoms with E-state index in [0.29, 0.717) is 31.3 Å². The highest BCUT2D eigenvalue weighted by Crippen LogP contribution is 2.20. The molecule has 1 unspecified atom stereocenters. The standard InChI is InChI=1S/C13H17N3O3/c14-9-1-2-12-11(5-9)15-13(19-12)6-16-3-4-18-8-10(16)7-17/h1-2,5,10,17H,3-4,6-8,14H2. The number of benzene rings is 1. The second kappa shape index (κ2) is 5.16. The summed E-state index contributed by atoms with van der Waals surface area (Å²) in [6.07, 6.45) is 0. The van der Waals surface area contributed by atoms with Gasteiger partial charge >= 0.3 is 0 Å². The van der Waals surface area contributed by atoms with Crippen LogP contribution in [0.15, 0.2) is 22.6 Å². The molecule has 2 aromatic rings. The molecule has 0 bridgehead atoms. The third-order valence-corrected chi connectivity index (χ3v) is 3.35. The normalized spacial score (nSPS) is 21.0. The van der Waals surface area contributed by atoms with E-state index >= 15 is 0 Å². The highest BCUT2D eigenvalue weighted by Gasteiger charge is 2.23. The van der Waals surface area contributed by atoms with E-state index in [1.165, 1.54) is 0 Å². The van der Waals surface area contributed by atoms with Crippen molar-refractivity contribution in [3.05, 3.63) is 24.1 Å². The molecule has 1 aliphatic rings. The number of hydrogen-bond acceptors (Lipinski definition) is 6. The molecule has 0 spiro atoms. The third-order valence-electron chi connectivity index (χ3n) is 3.35. The Kier molecular flexibility index (Phi) is 3.37. The van der Waals surface area contributed by atoms with Crippen LogP contribution in [0.25, 0.3) is 11.1 Å². The number of aliphatic hydroxyl groups excluding tert-OH is 1. The van der Waals surface area contributed by atoms with Crippen LogP contribution in [-0.2, 0) is 11.3 Å². The number of nitrogens with zero attached hydrogens (tertiary/aromatic N) is 2. The maximum atomic E-state index is 9.33. The molecule has 3 rings (SSSR count). The lowest BCUT2D eigenvalue weighted by Crippen LogP contribution is -2.46. The highest BCUT2D eigenvalue weighted by molar-refractivity contribution is 5.76. The zero-order valence-electron chi connectivity index (χ0n) is 10.6. The van der Waals surface area contributed by atoms with Crippen LogP contribution < -0.4 is 5.73 Å². The smallest absolute Gasteiger partial charge is 0.209 e. The van der Waals surface area contributed by atoms with E-state index in [-0.39, 0.29) is 12.6 Å². The summed E-state index contributed by atoms with van der Waals surface area (Å²) in [6, 6.07) is 5.42. The Balaban J connectivity index is 1.80. The maximum Gasteiger partial charge on any atom is 0.209 e. The fourth-order valence-corrected chi connectivity index (χ4v) is 2.30. The summed E-state index contributed by atoms with van der Waals surface area (Å²) in [6.45, 7) is 2.63. The number of nitrogen functional groups attached to an aromatic ring is 1. The van der Waals surface area contributed by atoms with E-state index in [4.69, 9.17) is 14.9 Å². The van der Waals surface area contributed by atoms with Crippen LogP contribution >= 0.6 is 0 Å².